The molecule has 0 aromatic heterocycles. The topological polar surface area (TPSA) is 49.9 Å². The molecule has 0 unspecified atom stereocenters. The lowest BCUT2D eigenvalue weighted by molar-refractivity contribution is -0.134. The number of carbonyl (C=O) groups excluding carboxylic acids is 2. The van der Waals surface area contributed by atoms with Gasteiger partial charge in [-0.3, -0.25) is 9.69 Å². The number of hydrogen-bond acceptors (Lipinski definition) is 3. The first-order valence-electron chi connectivity index (χ1n) is 7.70. The van der Waals surface area contributed by atoms with E-state index in [-0.39, 0.29) is 5.91 Å². The van der Waals surface area contributed by atoms with Crippen LogP contribution in [-0.4, -0.2) is 40.5 Å². The summed E-state index contributed by atoms with van der Waals surface area (Å²) in [4.78, 5) is 28.1. The molecule has 0 fully saturated rings. The van der Waals surface area contributed by atoms with Gasteiger partial charge in [-0.1, -0.05) is 30.3 Å². The summed E-state index contributed by atoms with van der Waals surface area (Å²) in [7, 11) is 1.70. The van der Waals surface area contributed by atoms with Crippen molar-refractivity contribution in [2.75, 3.05) is 7.05 Å². The fraction of sp³-hybridized carbons (Fsp3) is 0.444. The molecule has 5 nitrogen and oxygen atoms in total. The summed E-state index contributed by atoms with van der Waals surface area (Å²) in [6.07, 6.45) is 1.62. The number of amides is 2. The first-order valence-corrected chi connectivity index (χ1v) is 7.70. The molecule has 1 aromatic rings. The van der Waals surface area contributed by atoms with Crippen molar-refractivity contribution in [1.82, 2.24) is 9.80 Å². The highest BCUT2D eigenvalue weighted by molar-refractivity contribution is 5.89. The van der Waals surface area contributed by atoms with Crippen LogP contribution in [0.5, 0.6) is 0 Å². The minimum atomic E-state index is -0.610. The Morgan fingerprint density at radius 3 is 2.39 bits per heavy atom. The average molecular weight is 316 g/mol. The Labute approximate surface area is 137 Å². The molecule has 1 atom stereocenters. The molecule has 1 heterocycles. The van der Waals surface area contributed by atoms with Crippen molar-refractivity contribution in [3.63, 3.8) is 0 Å². The van der Waals surface area contributed by atoms with Gasteiger partial charge in [0, 0.05) is 25.4 Å². The van der Waals surface area contributed by atoms with Gasteiger partial charge in [-0.15, -0.1) is 0 Å². The SMILES string of the molecule is CC1=CN(C)C(=O)[C@H](Cc2ccccc2)N1C(=O)OC(C)(C)C. The summed E-state index contributed by atoms with van der Waals surface area (Å²) in [5.41, 5.74) is 1.09. The van der Waals surface area contributed by atoms with E-state index in [2.05, 4.69) is 0 Å². The lowest BCUT2D eigenvalue weighted by Gasteiger charge is -2.38. The van der Waals surface area contributed by atoms with Gasteiger partial charge in [0.15, 0.2) is 0 Å². The quantitative estimate of drug-likeness (QED) is 0.842. The van der Waals surface area contributed by atoms with Crippen LogP contribution in [0.4, 0.5) is 4.79 Å². The number of carbonyl (C=O) groups is 2. The zero-order valence-electron chi connectivity index (χ0n) is 14.4. The summed E-state index contributed by atoms with van der Waals surface area (Å²) in [6, 6.07) is 9.08. The van der Waals surface area contributed by atoms with Crippen LogP contribution in [0.1, 0.15) is 33.3 Å². The molecule has 0 radical (unpaired) electrons. The maximum Gasteiger partial charge on any atom is 0.415 e. The number of hydrogen-bond donors (Lipinski definition) is 0. The smallest absolute Gasteiger partial charge is 0.415 e. The summed E-state index contributed by atoms with van der Waals surface area (Å²) in [6.45, 7) is 7.25. The summed E-state index contributed by atoms with van der Waals surface area (Å²) in [5.74, 6) is -0.120. The van der Waals surface area contributed by atoms with Crippen molar-refractivity contribution in [1.29, 1.82) is 0 Å². The largest absolute Gasteiger partial charge is 0.443 e. The standard InChI is InChI=1S/C18H24N2O3/c1-13-12-19(5)16(21)15(11-14-9-7-6-8-10-14)20(13)17(22)23-18(2,3)4/h6-10,12,15H,11H2,1-5H3/t15-/m0/s1. The Hall–Kier alpha value is -2.30. The fourth-order valence-corrected chi connectivity index (χ4v) is 2.60. The lowest BCUT2D eigenvalue weighted by Crippen LogP contribution is -2.53. The van der Waals surface area contributed by atoms with Gasteiger partial charge < -0.3 is 9.64 Å². The maximum absolute atomic E-state index is 12.6. The number of ether oxygens (including phenoxy) is 1. The van der Waals surface area contributed by atoms with Gasteiger partial charge >= 0.3 is 6.09 Å². The Balaban J connectivity index is 2.32. The zero-order valence-corrected chi connectivity index (χ0v) is 14.4. The number of likely N-dealkylation sites (N-methyl/N-ethyl adjacent to an activating group) is 1. The van der Waals surface area contributed by atoms with Crippen molar-refractivity contribution in [2.45, 2.75) is 45.8 Å². The number of rotatable bonds is 2. The number of benzene rings is 1. The van der Waals surface area contributed by atoms with Gasteiger partial charge in [-0.25, -0.2) is 4.79 Å². The Kier molecular flexibility index (Phi) is 4.78. The molecule has 0 aliphatic carbocycles. The van der Waals surface area contributed by atoms with Gasteiger partial charge in [0.25, 0.3) is 0 Å². The first-order chi connectivity index (χ1) is 10.7. The van der Waals surface area contributed by atoms with Crippen molar-refractivity contribution in [2.24, 2.45) is 0 Å². The summed E-state index contributed by atoms with van der Waals surface area (Å²) in [5, 5.41) is 0. The predicted octanol–water partition coefficient (Wildman–Crippen LogP) is 3.17. The van der Waals surface area contributed by atoms with Crippen molar-refractivity contribution < 1.29 is 14.3 Å². The Bertz CT molecular complexity index is 617. The molecule has 0 saturated carbocycles. The molecule has 0 N–H and O–H groups in total. The van der Waals surface area contributed by atoms with E-state index in [1.807, 2.05) is 58.0 Å². The monoisotopic (exact) mass is 316 g/mol. The second-order valence-corrected chi connectivity index (χ2v) is 6.78. The van der Waals surface area contributed by atoms with Gasteiger partial charge in [-0.05, 0) is 33.3 Å². The van der Waals surface area contributed by atoms with E-state index in [0.717, 1.165) is 5.56 Å². The molecule has 1 aliphatic rings. The molecule has 0 bridgehead atoms. The molecule has 0 saturated heterocycles. The van der Waals surface area contributed by atoms with E-state index >= 15 is 0 Å². The molecule has 2 rings (SSSR count). The molecule has 5 heteroatoms. The van der Waals surface area contributed by atoms with Crippen LogP contribution >= 0.6 is 0 Å². The van der Waals surface area contributed by atoms with Gasteiger partial charge in [0.05, 0.1) is 0 Å². The molecule has 1 aliphatic heterocycles. The highest BCUT2D eigenvalue weighted by atomic mass is 16.6. The molecule has 124 valence electrons. The minimum Gasteiger partial charge on any atom is -0.443 e. The highest BCUT2D eigenvalue weighted by Crippen LogP contribution is 2.24. The van der Waals surface area contributed by atoms with Crippen LogP contribution in [0.15, 0.2) is 42.2 Å². The fourth-order valence-electron chi connectivity index (χ4n) is 2.60. The van der Waals surface area contributed by atoms with E-state index in [0.29, 0.717) is 12.1 Å². The average Bonchev–Trinajstić information content (AvgIpc) is 2.43. The van der Waals surface area contributed by atoms with Crippen LogP contribution in [0.25, 0.3) is 0 Å². The van der Waals surface area contributed by atoms with Gasteiger partial charge in [-0.2, -0.15) is 0 Å². The third kappa shape index (κ3) is 4.12. The van der Waals surface area contributed by atoms with Crippen LogP contribution in [0.3, 0.4) is 0 Å². The third-order valence-corrected chi connectivity index (χ3v) is 3.57. The molecular formula is C18H24N2O3. The van der Waals surface area contributed by atoms with E-state index in [9.17, 15) is 9.59 Å². The highest BCUT2D eigenvalue weighted by Gasteiger charge is 2.38. The minimum absolute atomic E-state index is 0.120. The second kappa shape index (κ2) is 6.44. The lowest BCUT2D eigenvalue weighted by atomic mass is 10.0. The van der Waals surface area contributed by atoms with E-state index < -0.39 is 17.7 Å². The summed E-state index contributed by atoms with van der Waals surface area (Å²) < 4.78 is 5.47. The third-order valence-electron chi connectivity index (χ3n) is 3.57. The molecule has 23 heavy (non-hydrogen) atoms. The molecule has 0 spiro atoms. The van der Waals surface area contributed by atoms with Gasteiger partial charge in [0.2, 0.25) is 5.91 Å². The van der Waals surface area contributed by atoms with E-state index in [4.69, 9.17) is 4.74 Å². The van der Waals surface area contributed by atoms with Crippen LogP contribution in [-0.2, 0) is 16.0 Å². The summed E-state index contributed by atoms with van der Waals surface area (Å²) >= 11 is 0. The molecule has 1 aromatic carbocycles. The van der Waals surface area contributed by atoms with Crippen LogP contribution < -0.4 is 0 Å². The van der Waals surface area contributed by atoms with E-state index in [1.165, 1.54) is 9.80 Å². The zero-order chi connectivity index (χ0) is 17.2. The van der Waals surface area contributed by atoms with Crippen molar-refractivity contribution in [3.05, 3.63) is 47.8 Å². The molecular weight excluding hydrogens is 292 g/mol. The van der Waals surface area contributed by atoms with Crippen LogP contribution in [0.2, 0.25) is 0 Å². The van der Waals surface area contributed by atoms with Crippen LogP contribution in [0, 0.1) is 0 Å². The van der Waals surface area contributed by atoms with Gasteiger partial charge in [0.1, 0.15) is 11.6 Å². The van der Waals surface area contributed by atoms with E-state index in [1.54, 1.807) is 13.2 Å². The second-order valence-electron chi connectivity index (χ2n) is 6.78. The molecule has 2 amide bonds. The normalized spacial score (nSPS) is 18.7. The Morgan fingerprint density at radius 2 is 1.83 bits per heavy atom. The Morgan fingerprint density at radius 1 is 1.22 bits per heavy atom. The predicted molar refractivity (Wildman–Crippen MR) is 88.5 cm³/mol. The number of nitrogens with zero attached hydrogens (tertiary/aromatic N) is 2. The van der Waals surface area contributed by atoms with Crippen molar-refractivity contribution >= 4 is 12.0 Å². The number of allylic oxidation sites excluding steroid dienone is 1. The first kappa shape index (κ1) is 17.1. The maximum atomic E-state index is 12.6. The van der Waals surface area contributed by atoms with Crippen molar-refractivity contribution in [3.8, 4) is 0 Å².